The van der Waals surface area contributed by atoms with Crippen molar-refractivity contribution in [1.82, 2.24) is 15.0 Å². The lowest BCUT2D eigenvalue weighted by Gasteiger charge is -2.15. The minimum Gasteiger partial charge on any atom is -0.208 e. The summed E-state index contributed by atoms with van der Waals surface area (Å²) in [5.41, 5.74) is 4.85. The second-order valence-electron chi connectivity index (χ2n) is 8.23. The number of hydrogen-bond acceptors (Lipinski definition) is 3. The van der Waals surface area contributed by atoms with Gasteiger partial charge in [0.2, 0.25) is 0 Å². The summed E-state index contributed by atoms with van der Waals surface area (Å²) in [6.45, 7) is 0. The molecule has 4 heteroatoms. The molecular formula is C31H20ClN3. The first-order valence-electron chi connectivity index (χ1n) is 11.4. The summed E-state index contributed by atoms with van der Waals surface area (Å²) >= 11 is 6.58. The van der Waals surface area contributed by atoms with Gasteiger partial charge in [0.25, 0.3) is 0 Å². The van der Waals surface area contributed by atoms with E-state index in [1.54, 1.807) is 0 Å². The second kappa shape index (κ2) is 9.13. The smallest absolute Gasteiger partial charge is 0.165 e. The minimum atomic E-state index is 0.548. The van der Waals surface area contributed by atoms with Gasteiger partial charge in [-0.05, 0) is 34.0 Å². The molecule has 0 aliphatic heterocycles. The zero-order valence-electron chi connectivity index (χ0n) is 18.8. The Kier molecular flexibility index (Phi) is 5.53. The van der Waals surface area contributed by atoms with Crippen LogP contribution in [0.3, 0.4) is 0 Å². The van der Waals surface area contributed by atoms with E-state index in [4.69, 9.17) is 26.6 Å². The summed E-state index contributed by atoms with van der Waals surface area (Å²) in [7, 11) is 0. The number of hydrogen-bond donors (Lipinski definition) is 0. The van der Waals surface area contributed by atoms with Gasteiger partial charge in [0.1, 0.15) is 0 Å². The third-order valence-corrected chi connectivity index (χ3v) is 6.35. The van der Waals surface area contributed by atoms with Crippen LogP contribution in [0.2, 0.25) is 5.02 Å². The lowest BCUT2D eigenvalue weighted by atomic mass is 9.93. The highest BCUT2D eigenvalue weighted by atomic mass is 35.5. The van der Waals surface area contributed by atoms with Crippen LogP contribution in [0.4, 0.5) is 0 Å². The van der Waals surface area contributed by atoms with Crippen molar-refractivity contribution in [2.45, 2.75) is 0 Å². The van der Waals surface area contributed by atoms with Crippen molar-refractivity contribution < 1.29 is 0 Å². The van der Waals surface area contributed by atoms with Crippen LogP contribution in [0.25, 0.3) is 56.1 Å². The Morgan fingerprint density at radius 1 is 0.429 bits per heavy atom. The van der Waals surface area contributed by atoms with E-state index in [-0.39, 0.29) is 0 Å². The fraction of sp³-hybridized carbons (Fsp3) is 0. The van der Waals surface area contributed by atoms with Crippen LogP contribution in [0.1, 0.15) is 0 Å². The summed E-state index contributed by atoms with van der Waals surface area (Å²) in [6, 6.07) is 40.6. The van der Waals surface area contributed by atoms with E-state index in [9.17, 15) is 0 Å². The molecule has 0 atom stereocenters. The Morgan fingerprint density at radius 2 is 1.03 bits per heavy atom. The molecule has 0 N–H and O–H groups in total. The van der Waals surface area contributed by atoms with Crippen LogP contribution in [-0.4, -0.2) is 15.0 Å². The summed E-state index contributed by atoms with van der Waals surface area (Å²) < 4.78 is 0. The van der Waals surface area contributed by atoms with E-state index >= 15 is 0 Å². The van der Waals surface area contributed by atoms with Crippen molar-refractivity contribution in [2.75, 3.05) is 0 Å². The number of benzene rings is 5. The monoisotopic (exact) mass is 469 g/mol. The predicted octanol–water partition coefficient (Wildman–Crippen LogP) is 8.35. The highest BCUT2D eigenvalue weighted by molar-refractivity contribution is 6.33. The lowest BCUT2D eigenvalue weighted by Crippen LogP contribution is -2.02. The Balaban J connectivity index is 1.69. The molecule has 0 amide bonds. The molecule has 0 saturated heterocycles. The third kappa shape index (κ3) is 4.07. The van der Waals surface area contributed by atoms with Gasteiger partial charge in [0.15, 0.2) is 17.5 Å². The van der Waals surface area contributed by atoms with Crippen molar-refractivity contribution in [3.8, 4) is 45.3 Å². The van der Waals surface area contributed by atoms with Crippen LogP contribution < -0.4 is 0 Å². The quantitative estimate of drug-likeness (QED) is 0.260. The molecule has 0 aliphatic rings. The average Bonchev–Trinajstić information content (AvgIpc) is 2.93. The number of fused-ring (bicyclic) bond motifs is 1. The van der Waals surface area contributed by atoms with E-state index in [0.29, 0.717) is 22.5 Å². The zero-order valence-corrected chi connectivity index (χ0v) is 19.5. The maximum absolute atomic E-state index is 6.58. The Labute approximate surface area is 208 Å². The van der Waals surface area contributed by atoms with E-state index in [1.807, 2.05) is 78.9 Å². The van der Waals surface area contributed by atoms with Crippen molar-refractivity contribution in [2.24, 2.45) is 0 Å². The van der Waals surface area contributed by atoms with Gasteiger partial charge in [-0.3, -0.25) is 0 Å². The second-order valence-corrected chi connectivity index (χ2v) is 8.63. The predicted molar refractivity (Wildman–Crippen MR) is 144 cm³/mol. The SMILES string of the molecule is Clc1ccccc1-c1nc(-c2ccccc2)nc(-c2c(-c3ccccc3)ccc3ccccc23)n1. The van der Waals surface area contributed by atoms with Gasteiger partial charge in [0, 0.05) is 16.7 Å². The van der Waals surface area contributed by atoms with Crippen molar-refractivity contribution in [3.05, 3.63) is 126 Å². The van der Waals surface area contributed by atoms with Crippen LogP contribution in [-0.2, 0) is 0 Å². The first kappa shape index (κ1) is 21.2. The topological polar surface area (TPSA) is 38.7 Å². The first-order chi connectivity index (χ1) is 17.3. The normalized spacial score (nSPS) is 11.0. The molecular weight excluding hydrogens is 450 g/mol. The largest absolute Gasteiger partial charge is 0.208 e. The average molecular weight is 470 g/mol. The summed E-state index contributed by atoms with van der Waals surface area (Å²) in [5.74, 6) is 1.77. The van der Waals surface area contributed by atoms with Gasteiger partial charge in [-0.15, -0.1) is 0 Å². The molecule has 3 nitrogen and oxygen atoms in total. The molecule has 0 unspecified atom stereocenters. The van der Waals surface area contributed by atoms with E-state index in [2.05, 4.69) is 42.5 Å². The van der Waals surface area contributed by atoms with Crippen molar-refractivity contribution in [3.63, 3.8) is 0 Å². The van der Waals surface area contributed by atoms with E-state index in [0.717, 1.165) is 38.6 Å². The molecule has 6 rings (SSSR count). The van der Waals surface area contributed by atoms with Crippen molar-refractivity contribution >= 4 is 22.4 Å². The van der Waals surface area contributed by atoms with E-state index in [1.165, 1.54) is 0 Å². The molecule has 166 valence electrons. The maximum Gasteiger partial charge on any atom is 0.165 e. The molecule has 0 spiro atoms. The molecule has 1 heterocycles. The summed E-state index contributed by atoms with van der Waals surface area (Å²) in [6.07, 6.45) is 0. The van der Waals surface area contributed by atoms with Gasteiger partial charge < -0.3 is 0 Å². The first-order valence-corrected chi connectivity index (χ1v) is 11.8. The van der Waals surface area contributed by atoms with Gasteiger partial charge in [0.05, 0.1) is 5.02 Å². The minimum absolute atomic E-state index is 0.548. The molecule has 0 radical (unpaired) electrons. The molecule has 1 aromatic heterocycles. The molecule has 0 saturated carbocycles. The number of halogens is 1. The zero-order chi connectivity index (χ0) is 23.6. The fourth-order valence-electron chi connectivity index (χ4n) is 4.34. The van der Waals surface area contributed by atoms with Crippen LogP contribution in [0.5, 0.6) is 0 Å². The number of rotatable bonds is 4. The van der Waals surface area contributed by atoms with Crippen LogP contribution in [0.15, 0.2) is 121 Å². The van der Waals surface area contributed by atoms with Crippen LogP contribution in [0, 0.1) is 0 Å². The number of aromatic nitrogens is 3. The fourth-order valence-corrected chi connectivity index (χ4v) is 4.56. The molecule has 0 aliphatic carbocycles. The Hall–Kier alpha value is -4.34. The molecule has 6 aromatic rings. The molecule has 35 heavy (non-hydrogen) atoms. The summed E-state index contributed by atoms with van der Waals surface area (Å²) in [5, 5.41) is 2.82. The van der Waals surface area contributed by atoms with Gasteiger partial charge >= 0.3 is 0 Å². The number of nitrogens with zero attached hydrogens (tertiary/aromatic N) is 3. The third-order valence-electron chi connectivity index (χ3n) is 6.02. The van der Waals surface area contributed by atoms with Gasteiger partial charge in [-0.25, -0.2) is 15.0 Å². The van der Waals surface area contributed by atoms with Crippen LogP contribution >= 0.6 is 11.6 Å². The standard InChI is InChI=1S/C31H20ClN3/c32-27-18-10-9-17-26(27)30-33-29(23-14-5-2-6-15-23)34-31(35-30)28-24-16-8-7-13-22(24)19-20-25(28)21-11-3-1-4-12-21/h1-20H. The molecule has 0 bridgehead atoms. The lowest BCUT2D eigenvalue weighted by molar-refractivity contribution is 1.08. The van der Waals surface area contributed by atoms with Gasteiger partial charge in [-0.2, -0.15) is 0 Å². The Morgan fingerprint density at radius 3 is 1.80 bits per heavy atom. The Bertz CT molecular complexity index is 1650. The highest BCUT2D eigenvalue weighted by Gasteiger charge is 2.19. The summed E-state index contributed by atoms with van der Waals surface area (Å²) in [4.78, 5) is 14.8. The molecule has 5 aromatic carbocycles. The van der Waals surface area contributed by atoms with E-state index < -0.39 is 0 Å². The highest BCUT2D eigenvalue weighted by Crippen LogP contribution is 2.38. The maximum atomic E-state index is 6.58. The van der Waals surface area contributed by atoms with Gasteiger partial charge in [-0.1, -0.05) is 121 Å². The molecule has 0 fully saturated rings. The van der Waals surface area contributed by atoms with Crippen molar-refractivity contribution in [1.29, 1.82) is 0 Å².